The van der Waals surface area contributed by atoms with E-state index in [-0.39, 0.29) is 5.91 Å². The molecule has 5 heteroatoms. The van der Waals surface area contributed by atoms with Crippen LogP contribution in [0.3, 0.4) is 0 Å². The maximum Gasteiger partial charge on any atom is 0.248 e. The van der Waals surface area contributed by atoms with Crippen molar-refractivity contribution in [1.29, 1.82) is 0 Å². The third kappa shape index (κ3) is 4.09. The molecule has 0 aliphatic rings. The molecule has 0 radical (unpaired) electrons. The first-order valence-corrected chi connectivity index (χ1v) is 6.59. The predicted molar refractivity (Wildman–Crippen MR) is 83.6 cm³/mol. The van der Waals surface area contributed by atoms with E-state index in [1.54, 1.807) is 44.6 Å². The lowest BCUT2D eigenvalue weighted by Gasteiger charge is -2.07. The molecule has 2 aromatic carbocycles. The smallest absolute Gasteiger partial charge is 0.248 e. The number of rotatable bonds is 5. The van der Waals surface area contributed by atoms with Gasteiger partial charge >= 0.3 is 0 Å². The number of amides is 1. The molecule has 22 heavy (non-hydrogen) atoms. The van der Waals surface area contributed by atoms with Crippen LogP contribution < -0.4 is 14.8 Å². The molecule has 0 unspecified atom stereocenters. The molecule has 2 rings (SSSR count). The van der Waals surface area contributed by atoms with Crippen molar-refractivity contribution in [2.45, 2.75) is 0 Å². The van der Waals surface area contributed by atoms with E-state index in [2.05, 4.69) is 5.32 Å². The molecule has 0 heterocycles. The third-order valence-corrected chi connectivity index (χ3v) is 2.95. The van der Waals surface area contributed by atoms with E-state index >= 15 is 0 Å². The number of carbonyl (C=O) groups is 1. The summed E-state index contributed by atoms with van der Waals surface area (Å²) in [6, 6.07) is 11.0. The van der Waals surface area contributed by atoms with E-state index in [9.17, 15) is 9.18 Å². The van der Waals surface area contributed by atoms with Crippen LogP contribution in [0, 0.1) is 5.82 Å². The number of nitrogens with one attached hydrogen (secondary N) is 1. The number of anilines is 1. The monoisotopic (exact) mass is 301 g/mol. The Bertz CT molecular complexity index is 698. The van der Waals surface area contributed by atoms with Crippen molar-refractivity contribution in [2.75, 3.05) is 19.5 Å². The van der Waals surface area contributed by atoms with Crippen LogP contribution in [0.25, 0.3) is 6.08 Å². The Morgan fingerprint density at radius 3 is 2.64 bits per heavy atom. The van der Waals surface area contributed by atoms with Gasteiger partial charge in [-0.25, -0.2) is 4.39 Å². The number of hydrogen-bond acceptors (Lipinski definition) is 3. The molecule has 2 aromatic rings. The fourth-order valence-electron chi connectivity index (χ4n) is 1.87. The Labute approximate surface area is 128 Å². The zero-order valence-electron chi connectivity index (χ0n) is 12.3. The highest BCUT2D eigenvalue weighted by Gasteiger charge is 2.03. The topological polar surface area (TPSA) is 47.6 Å². The summed E-state index contributed by atoms with van der Waals surface area (Å²) < 4.78 is 23.4. The van der Waals surface area contributed by atoms with E-state index in [1.807, 2.05) is 0 Å². The van der Waals surface area contributed by atoms with Crippen molar-refractivity contribution in [1.82, 2.24) is 0 Å². The molecule has 4 nitrogen and oxygen atoms in total. The van der Waals surface area contributed by atoms with Gasteiger partial charge in [0.05, 0.1) is 14.2 Å². The summed E-state index contributed by atoms with van der Waals surface area (Å²) in [7, 11) is 3.11. The van der Waals surface area contributed by atoms with Gasteiger partial charge in [-0.2, -0.15) is 0 Å². The van der Waals surface area contributed by atoms with Gasteiger partial charge in [0.15, 0.2) is 0 Å². The van der Waals surface area contributed by atoms with Crippen LogP contribution >= 0.6 is 0 Å². The normalized spacial score (nSPS) is 10.5. The average molecular weight is 301 g/mol. The van der Waals surface area contributed by atoms with Crippen LogP contribution in [-0.4, -0.2) is 20.1 Å². The highest BCUT2D eigenvalue weighted by molar-refractivity contribution is 6.02. The van der Waals surface area contributed by atoms with Gasteiger partial charge in [0.2, 0.25) is 5.91 Å². The lowest BCUT2D eigenvalue weighted by molar-refractivity contribution is -0.111. The molecule has 0 fully saturated rings. The van der Waals surface area contributed by atoms with Crippen molar-refractivity contribution in [3.05, 3.63) is 59.9 Å². The number of ether oxygens (including phenoxy) is 2. The van der Waals surface area contributed by atoms with Gasteiger partial charge in [-0.1, -0.05) is 6.07 Å². The highest BCUT2D eigenvalue weighted by atomic mass is 19.1. The SMILES string of the molecule is COc1ccc(C=CC(=O)Nc2cccc(F)c2)c(OC)c1. The second-order valence-corrected chi connectivity index (χ2v) is 4.44. The minimum atomic E-state index is -0.404. The lowest BCUT2D eigenvalue weighted by Crippen LogP contribution is -2.07. The number of methoxy groups -OCH3 is 2. The Hall–Kier alpha value is -2.82. The molecular weight excluding hydrogens is 285 g/mol. The van der Waals surface area contributed by atoms with Crippen molar-refractivity contribution < 1.29 is 18.7 Å². The van der Waals surface area contributed by atoms with Gasteiger partial charge < -0.3 is 14.8 Å². The van der Waals surface area contributed by atoms with Crippen molar-refractivity contribution in [2.24, 2.45) is 0 Å². The summed E-state index contributed by atoms with van der Waals surface area (Å²) in [6.07, 6.45) is 2.97. The molecule has 0 saturated carbocycles. The van der Waals surface area contributed by atoms with Gasteiger partial charge in [0.25, 0.3) is 0 Å². The number of carbonyl (C=O) groups excluding carboxylic acids is 1. The van der Waals surface area contributed by atoms with Gasteiger partial charge in [-0.3, -0.25) is 4.79 Å². The molecule has 114 valence electrons. The first-order valence-electron chi connectivity index (χ1n) is 6.59. The molecular formula is C17H16FNO3. The van der Waals surface area contributed by atoms with Gasteiger partial charge in [0, 0.05) is 23.4 Å². The van der Waals surface area contributed by atoms with Crippen LogP contribution in [0.5, 0.6) is 11.5 Å². The number of benzene rings is 2. The van der Waals surface area contributed by atoms with Gasteiger partial charge in [-0.05, 0) is 36.4 Å². The maximum atomic E-state index is 13.0. The van der Waals surface area contributed by atoms with Crippen LogP contribution in [0.1, 0.15) is 5.56 Å². The van der Waals surface area contributed by atoms with Crippen LogP contribution in [0.15, 0.2) is 48.5 Å². The van der Waals surface area contributed by atoms with Crippen molar-refractivity contribution in [3.63, 3.8) is 0 Å². The van der Waals surface area contributed by atoms with Crippen LogP contribution in [-0.2, 0) is 4.79 Å². The third-order valence-electron chi connectivity index (χ3n) is 2.95. The molecule has 0 bridgehead atoms. The van der Waals surface area contributed by atoms with Gasteiger partial charge in [-0.15, -0.1) is 0 Å². The molecule has 1 N–H and O–H groups in total. The Kier molecular flexibility index (Phi) is 5.14. The molecule has 1 amide bonds. The van der Waals surface area contributed by atoms with Crippen molar-refractivity contribution in [3.8, 4) is 11.5 Å². The molecule has 0 aliphatic carbocycles. The minimum Gasteiger partial charge on any atom is -0.497 e. The van der Waals surface area contributed by atoms with Gasteiger partial charge in [0.1, 0.15) is 17.3 Å². The maximum absolute atomic E-state index is 13.0. The number of hydrogen-bond donors (Lipinski definition) is 1. The lowest BCUT2D eigenvalue weighted by atomic mass is 10.1. The van der Waals surface area contributed by atoms with Crippen LogP contribution in [0.4, 0.5) is 10.1 Å². The summed E-state index contributed by atoms with van der Waals surface area (Å²) >= 11 is 0. The molecule has 0 atom stereocenters. The first kappa shape index (κ1) is 15.6. The van der Waals surface area contributed by atoms with E-state index in [0.29, 0.717) is 17.2 Å². The zero-order valence-corrected chi connectivity index (χ0v) is 12.3. The van der Waals surface area contributed by atoms with Crippen LogP contribution in [0.2, 0.25) is 0 Å². The summed E-state index contributed by atoms with van der Waals surface area (Å²) in [5.41, 5.74) is 1.13. The van der Waals surface area contributed by atoms with E-state index < -0.39 is 5.82 Å². The number of halogens is 1. The predicted octanol–water partition coefficient (Wildman–Crippen LogP) is 3.49. The fourth-order valence-corrected chi connectivity index (χ4v) is 1.87. The molecule has 0 saturated heterocycles. The summed E-state index contributed by atoms with van der Waals surface area (Å²) in [6.45, 7) is 0. The Balaban J connectivity index is 2.09. The van der Waals surface area contributed by atoms with E-state index in [4.69, 9.17) is 9.47 Å². The molecule has 0 aromatic heterocycles. The average Bonchev–Trinajstić information content (AvgIpc) is 2.52. The minimum absolute atomic E-state index is 0.358. The molecule has 0 spiro atoms. The quantitative estimate of drug-likeness (QED) is 0.860. The Morgan fingerprint density at radius 2 is 1.95 bits per heavy atom. The second-order valence-electron chi connectivity index (χ2n) is 4.44. The second kappa shape index (κ2) is 7.26. The summed E-state index contributed by atoms with van der Waals surface area (Å²) in [4.78, 5) is 11.8. The molecule has 0 aliphatic heterocycles. The standard InChI is InChI=1S/C17H16FNO3/c1-21-15-8-6-12(16(11-15)22-2)7-9-17(20)19-14-5-3-4-13(18)10-14/h3-11H,1-2H3,(H,19,20). The van der Waals surface area contributed by atoms with Crippen molar-refractivity contribution >= 4 is 17.7 Å². The summed E-state index contributed by atoms with van der Waals surface area (Å²) in [5, 5.41) is 2.58. The first-order chi connectivity index (χ1) is 10.6. The Morgan fingerprint density at radius 1 is 1.14 bits per heavy atom. The largest absolute Gasteiger partial charge is 0.497 e. The zero-order chi connectivity index (χ0) is 15.9. The van der Waals surface area contributed by atoms with E-state index in [0.717, 1.165) is 5.56 Å². The summed E-state index contributed by atoms with van der Waals surface area (Å²) in [5.74, 6) is 0.495. The highest BCUT2D eigenvalue weighted by Crippen LogP contribution is 2.25. The van der Waals surface area contributed by atoms with E-state index in [1.165, 1.54) is 24.3 Å². The fraction of sp³-hybridized carbons (Fsp3) is 0.118.